The van der Waals surface area contributed by atoms with Crippen LogP contribution in [0.25, 0.3) is 0 Å². The molecule has 2 N–H and O–H groups in total. The standard InChI is InChI=1S/C18H23N3O3S/c1-15-4-2-3-5-16(15)8-9-19-18-7-6-17(14-20-18)25(22,23)21-10-12-24-13-11-21/h2-7,14H,8-13H2,1H3,(H,19,20)/p+1. The minimum atomic E-state index is -3.45. The van der Waals surface area contributed by atoms with Crippen molar-refractivity contribution < 1.29 is 18.1 Å². The number of nitrogens with one attached hydrogen (secondary N) is 2. The second kappa shape index (κ2) is 7.95. The first kappa shape index (κ1) is 17.8. The summed E-state index contributed by atoms with van der Waals surface area (Å²) in [5.74, 6) is 0.800. The van der Waals surface area contributed by atoms with E-state index in [1.165, 1.54) is 15.4 Å². The quantitative estimate of drug-likeness (QED) is 0.845. The number of aryl methyl sites for hydroxylation is 1. The van der Waals surface area contributed by atoms with Crippen LogP contribution in [0.15, 0.2) is 47.5 Å². The molecule has 25 heavy (non-hydrogen) atoms. The number of aromatic nitrogens is 1. The molecule has 134 valence electrons. The highest BCUT2D eigenvalue weighted by Crippen LogP contribution is 2.16. The van der Waals surface area contributed by atoms with Crippen molar-refractivity contribution in [2.75, 3.05) is 38.2 Å². The van der Waals surface area contributed by atoms with Crippen molar-refractivity contribution in [3.8, 4) is 0 Å². The van der Waals surface area contributed by atoms with E-state index in [0.717, 1.165) is 18.8 Å². The van der Waals surface area contributed by atoms with E-state index in [9.17, 15) is 8.42 Å². The van der Waals surface area contributed by atoms with Crippen molar-refractivity contribution in [2.45, 2.75) is 18.2 Å². The first-order chi connectivity index (χ1) is 12.1. The SMILES string of the molecule is Cc1ccccc1CCNc1ccc(S(=O)(=O)N2CCOCC2)c[nH+]1. The summed E-state index contributed by atoms with van der Waals surface area (Å²) in [4.78, 5) is 3.31. The van der Waals surface area contributed by atoms with E-state index in [2.05, 4.69) is 29.4 Å². The molecule has 2 aromatic rings. The number of rotatable bonds is 6. The first-order valence-electron chi connectivity index (χ1n) is 8.45. The van der Waals surface area contributed by atoms with Gasteiger partial charge in [0.1, 0.15) is 11.1 Å². The molecule has 6 nitrogen and oxygen atoms in total. The van der Waals surface area contributed by atoms with E-state index < -0.39 is 10.0 Å². The summed E-state index contributed by atoms with van der Waals surface area (Å²) in [5.41, 5.74) is 2.58. The van der Waals surface area contributed by atoms with Crippen LogP contribution in [0.4, 0.5) is 5.82 Å². The number of ether oxygens (including phenoxy) is 1. The number of sulfonamides is 1. The number of H-pyrrole nitrogens is 1. The molecular formula is C18H24N3O3S+. The molecule has 1 aromatic heterocycles. The summed E-state index contributed by atoms with van der Waals surface area (Å²) in [7, 11) is -3.45. The van der Waals surface area contributed by atoms with Gasteiger partial charge < -0.3 is 4.74 Å². The number of pyridine rings is 1. The summed E-state index contributed by atoms with van der Waals surface area (Å²) in [5, 5.41) is 3.29. The average Bonchev–Trinajstić information content (AvgIpc) is 2.64. The van der Waals surface area contributed by atoms with Gasteiger partial charge in [-0.2, -0.15) is 4.31 Å². The average molecular weight is 362 g/mol. The van der Waals surface area contributed by atoms with E-state index in [4.69, 9.17) is 4.74 Å². The molecular weight excluding hydrogens is 338 g/mol. The van der Waals surface area contributed by atoms with Crippen LogP contribution in [0.5, 0.6) is 0 Å². The van der Waals surface area contributed by atoms with Gasteiger partial charge in [0, 0.05) is 25.6 Å². The zero-order valence-corrected chi connectivity index (χ0v) is 15.2. The van der Waals surface area contributed by atoms with Gasteiger partial charge in [-0.15, -0.1) is 0 Å². The number of aromatic amines is 1. The van der Waals surface area contributed by atoms with Crippen molar-refractivity contribution >= 4 is 15.8 Å². The second-order valence-electron chi connectivity index (χ2n) is 6.06. The number of morpholine rings is 1. The van der Waals surface area contributed by atoms with Gasteiger partial charge in [-0.1, -0.05) is 24.3 Å². The van der Waals surface area contributed by atoms with Crippen LogP contribution in [0.3, 0.4) is 0 Å². The molecule has 0 amide bonds. The molecule has 1 aliphatic rings. The van der Waals surface area contributed by atoms with E-state index in [-0.39, 0.29) is 4.90 Å². The van der Waals surface area contributed by atoms with Crippen LogP contribution in [0.2, 0.25) is 0 Å². The smallest absolute Gasteiger partial charge is 0.272 e. The summed E-state index contributed by atoms with van der Waals surface area (Å²) >= 11 is 0. The van der Waals surface area contributed by atoms with E-state index in [0.29, 0.717) is 26.3 Å². The summed E-state index contributed by atoms with van der Waals surface area (Å²) < 4.78 is 31.8. The molecule has 2 heterocycles. The number of nitrogens with zero attached hydrogens (tertiary/aromatic N) is 1. The summed E-state index contributed by atoms with van der Waals surface area (Å²) in [6.45, 7) is 4.57. The fourth-order valence-electron chi connectivity index (χ4n) is 2.84. The van der Waals surface area contributed by atoms with E-state index >= 15 is 0 Å². The summed E-state index contributed by atoms with van der Waals surface area (Å²) in [6.07, 6.45) is 2.45. The molecule has 0 bridgehead atoms. The van der Waals surface area contributed by atoms with Crippen LogP contribution < -0.4 is 10.3 Å². The van der Waals surface area contributed by atoms with Crippen molar-refractivity contribution in [2.24, 2.45) is 0 Å². The minimum absolute atomic E-state index is 0.277. The van der Waals surface area contributed by atoms with Crippen molar-refractivity contribution in [3.05, 3.63) is 53.7 Å². The van der Waals surface area contributed by atoms with Crippen LogP contribution in [0, 0.1) is 6.92 Å². The molecule has 0 aliphatic carbocycles. The molecule has 3 rings (SSSR count). The molecule has 0 spiro atoms. The normalized spacial score (nSPS) is 15.9. The third kappa shape index (κ3) is 4.36. The topological polar surface area (TPSA) is 72.8 Å². The van der Waals surface area contributed by atoms with Gasteiger partial charge in [-0.05, 0) is 24.1 Å². The molecule has 1 saturated heterocycles. The van der Waals surface area contributed by atoms with Gasteiger partial charge in [-0.3, -0.25) is 5.32 Å². The Bertz CT molecular complexity index is 801. The largest absolute Gasteiger partial charge is 0.379 e. The van der Waals surface area contributed by atoms with Crippen molar-refractivity contribution in [1.82, 2.24) is 4.31 Å². The van der Waals surface area contributed by atoms with E-state index in [1.54, 1.807) is 18.3 Å². The highest BCUT2D eigenvalue weighted by Gasteiger charge is 2.27. The molecule has 1 aliphatic heterocycles. The van der Waals surface area contributed by atoms with Gasteiger partial charge in [0.05, 0.1) is 19.8 Å². The molecule has 7 heteroatoms. The Kier molecular flexibility index (Phi) is 5.67. The zero-order valence-electron chi connectivity index (χ0n) is 14.4. The highest BCUT2D eigenvalue weighted by atomic mass is 32.2. The monoisotopic (exact) mass is 362 g/mol. The highest BCUT2D eigenvalue weighted by molar-refractivity contribution is 7.89. The Morgan fingerprint density at radius 2 is 1.92 bits per heavy atom. The van der Waals surface area contributed by atoms with Crippen molar-refractivity contribution in [3.63, 3.8) is 0 Å². The molecule has 1 fully saturated rings. The Hall–Kier alpha value is -1.96. The number of anilines is 1. The maximum Gasteiger partial charge on any atom is 0.272 e. The fraction of sp³-hybridized carbons (Fsp3) is 0.389. The van der Waals surface area contributed by atoms with Crippen molar-refractivity contribution in [1.29, 1.82) is 0 Å². The van der Waals surface area contributed by atoms with Gasteiger partial charge in [-0.25, -0.2) is 13.4 Å². The lowest BCUT2D eigenvalue weighted by atomic mass is 10.1. The predicted molar refractivity (Wildman–Crippen MR) is 95.9 cm³/mol. The van der Waals surface area contributed by atoms with Crippen LogP contribution in [0.1, 0.15) is 11.1 Å². The van der Waals surface area contributed by atoms with Crippen LogP contribution >= 0.6 is 0 Å². The Balaban J connectivity index is 1.59. The lowest BCUT2D eigenvalue weighted by Crippen LogP contribution is -2.40. The second-order valence-corrected chi connectivity index (χ2v) is 8.00. The number of benzene rings is 1. The zero-order chi connectivity index (χ0) is 17.7. The third-order valence-electron chi connectivity index (χ3n) is 4.36. The number of hydrogen-bond acceptors (Lipinski definition) is 4. The Morgan fingerprint density at radius 1 is 1.16 bits per heavy atom. The van der Waals surface area contributed by atoms with Gasteiger partial charge in [0.15, 0.2) is 0 Å². The van der Waals surface area contributed by atoms with Gasteiger partial charge >= 0.3 is 0 Å². The predicted octanol–water partition coefficient (Wildman–Crippen LogP) is 1.48. The lowest BCUT2D eigenvalue weighted by Gasteiger charge is -2.25. The molecule has 0 saturated carbocycles. The van der Waals surface area contributed by atoms with Crippen LogP contribution in [-0.4, -0.2) is 45.6 Å². The lowest BCUT2D eigenvalue weighted by molar-refractivity contribution is -0.364. The maximum absolute atomic E-state index is 12.6. The molecule has 0 radical (unpaired) electrons. The van der Waals surface area contributed by atoms with Gasteiger partial charge in [0.2, 0.25) is 10.0 Å². The Labute approximate surface area is 148 Å². The number of hydrogen-bond donors (Lipinski definition) is 1. The van der Waals surface area contributed by atoms with Gasteiger partial charge in [0.25, 0.3) is 5.82 Å². The summed E-state index contributed by atoms with van der Waals surface area (Å²) in [6, 6.07) is 11.7. The molecule has 0 atom stereocenters. The Morgan fingerprint density at radius 3 is 2.60 bits per heavy atom. The van der Waals surface area contributed by atoms with E-state index in [1.807, 2.05) is 12.1 Å². The third-order valence-corrected chi connectivity index (χ3v) is 6.26. The fourth-order valence-corrected chi connectivity index (χ4v) is 4.22. The van der Waals surface area contributed by atoms with Crippen LogP contribution in [-0.2, 0) is 21.2 Å². The minimum Gasteiger partial charge on any atom is -0.379 e. The molecule has 1 aromatic carbocycles. The molecule has 0 unspecified atom stereocenters. The maximum atomic E-state index is 12.6. The first-order valence-corrected chi connectivity index (χ1v) is 9.89.